The number of hydrogen-bond acceptors (Lipinski definition) is 1. The van der Waals surface area contributed by atoms with Crippen LogP contribution in [-0.2, 0) is 4.57 Å². The van der Waals surface area contributed by atoms with Gasteiger partial charge in [-0.2, -0.15) is 0 Å². The third-order valence-electron chi connectivity index (χ3n) is 2.32. The van der Waals surface area contributed by atoms with E-state index in [1.165, 1.54) is 32.1 Å². The molecule has 1 fully saturated rings. The monoisotopic (exact) mass is 193 g/mol. The molecule has 1 nitrogen and oxygen atoms in total. The van der Waals surface area contributed by atoms with Gasteiger partial charge in [0.15, 0.2) is 0 Å². The van der Waals surface area contributed by atoms with Crippen molar-refractivity contribution < 1.29 is 4.57 Å². The van der Waals surface area contributed by atoms with Crippen LogP contribution in [0, 0.1) is 5.92 Å². The summed E-state index contributed by atoms with van der Waals surface area (Å²) in [5.74, 6) is 0.714. The Morgan fingerprint density at radius 3 is 2.45 bits per heavy atom. The van der Waals surface area contributed by atoms with Gasteiger partial charge in [-0.25, -0.2) is 0 Å². The predicted molar refractivity (Wildman–Crippen MR) is 49.8 cm³/mol. The van der Waals surface area contributed by atoms with Crippen molar-refractivity contribution in [3.05, 3.63) is 0 Å². The van der Waals surface area contributed by atoms with Crippen molar-refractivity contribution >= 4 is 19.4 Å². The minimum absolute atomic E-state index is 0.353. The van der Waals surface area contributed by atoms with E-state index >= 15 is 0 Å². The molecule has 0 heterocycles. The largest absolute Gasteiger partial charge is 0.354 e. The van der Waals surface area contributed by atoms with Crippen molar-refractivity contribution in [3.63, 3.8) is 0 Å². The van der Waals surface area contributed by atoms with Crippen LogP contribution >= 0.6 is 19.4 Å². The molecule has 0 aromatic rings. The quantitative estimate of drug-likeness (QED) is 0.495. The Kier molecular flexibility index (Phi) is 4.40. The second-order valence-electron chi connectivity index (χ2n) is 3.29. The topological polar surface area (TPSA) is 17.1 Å². The lowest BCUT2D eigenvalue weighted by Crippen LogP contribution is -2.08. The van der Waals surface area contributed by atoms with Gasteiger partial charge in [0.25, 0.3) is 0 Å². The maximum absolute atomic E-state index is 11.1. The second-order valence-corrected chi connectivity index (χ2v) is 5.57. The standard InChI is InChI=1S/C8H15ClOP/c9-7-11(10)6-8-4-2-1-3-5-8/h8H,1-7H2/q+1. The van der Waals surface area contributed by atoms with E-state index in [-0.39, 0.29) is 0 Å². The molecule has 1 aliphatic rings. The fraction of sp³-hybridized carbons (Fsp3) is 1.00. The number of rotatable bonds is 3. The molecule has 11 heavy (non-hydrogen) atoms. The molecule has 1 saturated carbocycles. The van der Waals surface area contributed by atoms with E-state index in [0.29, 0.717) is 11.5 Å². The molecule has 0 radical (unpaired) electrons. The minimum Gasteiger partial charge on any atom is -0.0734 e. The summed E-state index contributed by atoms with van der Waals surface area (Å²) < 4.78 is 11.1. The van der Waals surface area contributed by atoms with Gasteiger partial charge in [-0.05, 0) is 12.8 Å². The first-order valence-electron chi connectivity index (χ1n) is 4.31. The highest BCUT2D eigenvalue weighted by atomic mass is 35.5. The summed E-state index contributed by atoms with van der Waals surface area (Å²) in [6, 6.07) is 0. The Morgan fingerprint density at radius 2 is 1.91 bits per heavy atom. The molecule has 0 aromatic carbocycles. The molecule has 0 amide bonds. The predicted octanol–water partition coefficient (Wildman–Crippen LogP) is 3.59. The smallest absolute Gasteiger partial charge is 0.0734 e. The van der Waals surface area contributed by atoms with Gasteiger partial charge in [-0.1, -0.05) is 35.4 Å². The molecule has 0 bridgehead atoms. The van der Waals surface area contributed by atoms with Crippen LogP contribution in [-0.4, -0.2) is 11.8 Å². The first-order chi connectivity index (χ1) is 5.33. The van der Waals surface area contributed by atoms with E-state index in [1.807, 2.05) is 0 Å². The average Bonchev–Trinajstić information content (AvgIpc) is 2.06. The molecular weight excluding hydrogens is 179 g/mol. The van der Waals surface area contributed by atoms with Crippen molar-refractivity contribution in [2.45, 2.75) is 32.1 Å². The van der Waals surface area contributed by atoms with Gasteiger partial charge in [0.2, 0.25) is 5.62 Å². The van der Waals surface area contributed by atoms with Gasteiger partial charge < -0.3 is 0 Å². The molecule has 1 rings (SSSR count). The van der Waals surface area contributed by atoms with Gasteiger partial charge in [0, 0.05) is 5.92 Å². The van der Waals surface area contributed by atoms with Crippen molar-refractivity contribution in [1.29, 1.82) is 0 Å². The van der Waals surface area contributed by atoms with E-state index in [1.54, 1.807) is 0 Å². The zero-order chi connectivity index (χ0) is 8.10. The van der Waals surface area contributed by atoms with E-state index in [4.69, 9.17) is 11.6 Å². The minimum atomic E-state index is -1.09. The van der Waals surface area contributed by atoms with Crippen molar-refractivity contribution in [2.75, 3.05) is 11.8 Å². The van der Waals surface area contributed by atoms with Gasteiger partial charge in [-0.15, -0.1) is 0 Å². The fourth-order valence-electron chi connectivity index (χ4n) is 1.71. The lowest BCUT2D eigenvalue weighted by atomic mass is 9.91. The van der Waals surface area contributed by atoms with Gasteiger partial charge in [0.05, 0.1) is 0 Å². The Labute approximate surface area is 74.3 Å². The van der Waals surface area contributed by atoms with Crippen LogP contribution in [0.1, 0.15) is 32.1 Å². The summed E-state index contributed by atoms with van der Waals surface area (Å²) in [7, 11) is -1.09. The highest BCUT2D eigenvalue weighted by molar-refractivity contribution is 7.46. The maximum Gasteiger partial charge on any atom is 0.354 e. The summed E-state index contributed by atoms with van der Waals surface area (Å²) in [6.07, 6.45) is 7.45. The Balaban J connectivity index is 2.19. The third-order valence-corrected chi connectivity index (χ3v) is 4.31. The van der Waals surface area contributed by atoms with Gasteiger partial charge >= 0.3 is 7.80 Å². The summed E-state index contributed by atoms with van der Waals surface area (Å²) in [5, 5.41) is 0. The van der Waals surface area contributed by atoms with Crippen molar-refractivity contribution in [1.82, 2.24) is 0 Å². The van der Waals surface area contributed by atoms with Crippen LogP contribution in [0.25, 0.3) is 0 Å². The van der Waals surface area contributed by atoms with Crippen LogP contribution < -0.4 is 0 Å². The Morgan fingerprint density at radius 1 is 1.27 bits per heavy atom. The SMILES string of the molecule is O=[P+](CCl)CC1CCCCC1. The molecule has 0 spiro atoms. The normalized spacial score (nSPS) is 21.7. The lowest BCUT2D eigenvalue weighted by Gasteiger charge is -2.16. The molecule has 1 atom stereocenters. The summed E-state index contributed by atoms with van der Waals surface area (Å²) in [6.45, 7) is 0. The molecule has 1 aliphatic carbocycles. The Bertz CT molecular complexity index is 132. The average molecular weight is 194 g/mol. The zero-order valence-electron chi connectivity index (χ0n) is 6.76. The molecular formula is C8H15ClOP+. The van der Waals surface area contributed by atoms with Crippen LogP contribution in [0.2, 0.25) is 0 Å². The number of hydrogen-bond donors (Lipinski definition) is 0. The zero-order valence-corrected chi connectivity index (χ0v) is 8.41. The molecule has 0 saturated heterocycles. The highest BCUT2D eigenvalue weighted by Crippen LogP contribution is 2.33. The molecule has 64 valence electrons. The molecule has 0 aliphatic heterocycles. The van der Waals surface area contributed by atoms with Crippen LogP contribution in [0.5, 0.6) is 0 Å². The van der Waals surface area contributed by atoms with E-state index in [9.17, 15) is 4.57 Å². The van der Waals surface area contributed by atoms with Gasteiger partial charge in [-0.3, -0.25) is 0 Å². The molecule has 3 heteroatoms. The fourth-order valence-corrected chi connectivity index (χ4v) is 3.04. The number of halogens is 1. The first kappa shape index (κ1) is 9.48. The number of alkyl halides is 1. The summed E-state index contributed by atoms with van der Waals surface area (Å²) in [5.41, 5.74) is 0.353. The molecule has 0 aromatic heterocycles. The van der Waals surface area contributed by atoms with Crippen LogP contribution in [0.4, 0.5) is 0 Å². The summed E-state index contributed by atoms with van der Waals surface area (Å²) in [4.78, 5) is 0. The first-order valence-corrected chi connectivity index (χ1v) is 6.47. The van der Waals surface area contributed by atoms with Crippen molar-refractivity contribution in [3.8, 4) is 0 Å². The maximum atomic E-state index is 11.1. The van der Waals surface area contributed by atoms with Crippen LogP contribution in [0.15, 0.2) is 0 Å². The van der Waals surface area contributed by atoms with Crippen molar-refractivity contribution in [2.24, 2.45) is 5.92 Å². The third kappa shape index (κ3) is 3.53. The summed E-state index contributed by atoms with van der Waals surface area (Å²) >= 11 is 5.49. The Hall–Kier alpha value is 0.390. The molecule has 1 unspecified atom stereocenters. The van der Waals surface area contributed by atoms with Crippen LogP contribution in [0.3, 0.4) is 0 Å². The van der Waals surface area contributed by atoms with Gasteiger partial charge in [0.1, 0.15) is 6.16 Å². The van der Waals surface area contributed by atoms with E-state index in [2.05, 4.69) is 0 Å². The molecule has 0 N–H and O–H groups in total. The second kappa shape index (κ2) is 5.11. The van der Waals surface area contributed by atoms with E-state index in [0.717, 1.165) is 6.16 Å². The van der Waals surface area contributed by atoms with E-state index < -0.39 is 7.80 Å². The lowest BCUT2D eigenvalue weighted by molar-refractivity contribution is 0.387. The highest BCUT2D eigenvalue weighted by Gasteiger charge is 2.23.